The number of fused-ring (bicyclic) bond motifs is 1. The van der Waals surface area contributed by atoms with Gasteiger partial charge in [0.1, 0.15) is 0 Å². The summed E-state index contributed by atoms with van der Waals surface area (Å²) in [6.07, 6.45) is -11.0. The first-order valence-corrected chi connectivity index (χ1v) is 16.4. The van der Waals surface area contributed by atoms with Crippen LogP contribution in [0, 0.1) is 6.92 Å². The van der Waals surface area contributed by atoms with Crippen LogP contribution in [0.1, 0.15) is 74.6 Å². The standard InChI is InChI=1S/C38H45F6N3/c1-5-45-35-21-20-34(32-12-8-9-13-33(32)35)36(28-14-16-29(17-15-28)46(6-2)7-3)31-19-18-30(26-27(31)4)47(24-10-22-37(39,40)41)25-11-23-38(42,43)44/h8-9,12-21,26,36,45H,5-7,10-11,22-25H2,1-4H3. The number of aryl methyl sites for hydroxylation is 1. The van der Waals surface area contributed by atoms with Crippen LogP contribution in [0.5, 0.6) is 0 Å². The van der Waals surface area contributed by atoms with Gasteiger partial charge in [0, 0.05) is 73.9 Å². The first-order valence-electron chi connectivity index (χ1n) is 16.4. The van der Waals surface area contributed by atoms with Gasteiger partial charge in [-0.05, 0) is 98.5 Å². The highest BCUT2D eigenvalue weighted by Crippen LogP contribution is 2.41. The zero-order chi connectivity index (χ0) is 34.2. The number of rotatable bonds is 15. The Morgan fingerprint density at radius 1 is 0.638 bits per heavy atom. The molecule has 4 rings (SSSR count). The third kappa shape index (κ3) is 9.58. The molecule has 47 heavy (non-hydrogen) atoms. The Morgan fingerprint density at radius 2 is 1.19 bits per heavy atom. The third-order valence-corrected chi connectivity index (χ3v) is 8.70. The first kappa shape index (κ1) is 36.0. The van der Waals surface area contributed by atoms with Gasteiger partial charge in [0.25, 0.3) is 0 Å². The lowest BCUT2D eigenvalue weighted by molar-refractivity contribution is -0.135. The average Bonchev–Trinajstić information content (AvgIpc) is 3.02. The van der Waals surface area contributed by atoms with Gasteiger partial charge in [-0.3, -0.25) is 0 Å². The van der Waals surface area contributed by atoms with Gasteiger partial charge in [0.2, 0.25) is 0 Å². The van der Waals surface area contributed by atoms with Crippen molar-refractivity contribution in [2.75, 3.05) is 47.8 Å². The number of alkyl halides is 6. The maximum Gasteiger partial charge on any atom is 0.389 e. The molecule has 4 aromatic carbocycles. The summed E-state index contributed by atoms with van der Waals surface area (Å²) in [6.45, 7) is 10.9. The van der Waals surface area contributed by atoms with Crippen LogP contribution in [0.25, 0.3) is 10.8 Å². The van der Waals surface area contributed by atoms with Crippen LogP contribution in [-0.4, -0.2) is 45.1 Å². The molecule has 0 saturated heterocycles. The molecule has 9 heteroatoms. The van der Waals surface area contributed by atoms with Gasteiger partial charge in [-0.2, -0.15) is 26.3 Å². The molecule has 0 aromatic heterocycles. The van der Waals surface area contributed by atoms with E-state index in [4.69, 9.17) is 0 Å². The fourth-order valence-electron chi connectivity index (χ4n) is 6.40. The second-order valence-corrected chi connectivity index (χ2v) is 11.9. The van der Waals surface area contributed by atoms with Crippen molar-refractivity contribution in [3.63, 3.8) is 0 Å². The molecule has 0 aliphatic rings. The SMILES string of the molecule is CCNc1ccc(C(c2ccc(N(CC)CC)cc2)c2ccc(N(CCCC(F)(F)F)CCCC(F)(F)F)cc2C)c2ccccc12. The van der Waals surface area contributed by atoms with Crippen molar-refractivity contribution in [3.8, 4) is 0 Å². The summed E-state index contributed by atoms with van der Waals surface area (Å²) in [6, 6.07) is 26.8. The number of hydrogen-bond donors (Lipinski definition) is 1. The van der Waals surface area contributed by atoms with Crippen LogP contribution < -0.4 is 15.1 Å². The number of nitrogens with zero attached hydrogens (tertiary/aromatic N) is 2. The Labute approximate surface area is 274 Å². The van der Waals surface area contributed by atoms with Crippen molar-refractivity contribution in [1.29, 1.82) is 0 Å². The molecule has 254 valence electrons. The highest BCUT2D eigenvalue weighted by Gasteiger charge is 2.29. The molecule has 1 atom stereocenters. The van der Waals surface area contributed by atoms with Crippen LogP contribution in [0.15, 0.2) is 78.9 Å². The van der Waals surface area contributed by atoms with E-state index in [9.17, 15) is 26.3 Å². The van der Waals surface area contributed by atoms with Gasteiger partial charge in [-0.25, -0.2) is 0 Å². The Hall–Kier alpha value is -3.88. The average molecular weight is 658 g/mol. The topological polar surface area (TPSA) is 18.5 Å². The van der Waals surface area contributed by atoms with Crippen molar-refractivity contribution in [2.45, 2.75) is 71.6 Å². The molecule has 1 N–H and O–H groups in total. The van der Waals surface area contributed by atoms with Crippen LogP contribution in [0.4, 0.5) is 43.4 Å². The predicted molar refractivity (Wildman–Crippen MR) is 183 cm³/mol. The minimum Gasteiger partial charge on any atom is -0.385 e. The molecular weight excluding hydrogens is 612 g/mol. The fraction of sp³-hybridized carbons (Fsp3) is 0.421. The van der Waals surface area contributed by atoms with Gasteiger partial charge in [0.15, 0.2) is 0 Å². The summed E-state index contributed by atoms with van der Waals surface area (Å²) >= 11 is 0. The molecule has 0 amide bonds. The lowest BCUT2D eigenvalue weighted by atomic mass is 9.80. The number of nitrogens with one attached hydrogen (secondary N) is 1. The largest absolute Gasteiger partial charge is 0.389 e. The maximum absolute atomic E-state index is 13.0. The lowest BCUT2D eigenvalue weighted by Crippen LogP contribution is -2.28. The van der Waals surface area contributed by atoms with Crippen LogP contribution in [-0.2, 0) is 0 Å². The van der Waals surface area contributed by atoms with Gasteiger partial charge in [0.05, 0.1) is 0 Å². The predicted octanol–water partition coefficient (Wildman–Crippen LogP) is 11.1. The van der Waals surface area contributed by atoms with E-state index >= 15 is 0 Å². The lowest BCUT2D eigenvalue weighted by Gasteiger charge is -2.28. The smallest absolute Gasteiger partial charge is 0.385 e. The Morgan fingerprint density at radius 3 is 1.72 bits per heavy atom. The highest BCUT2D eigenvalue weighted by atomic mass is 19.4. The molecule has 0 spiro atoms. The number of halogens is 6. The maximum atomic E-state index is 13.0. The van der Waals surface area contributed by atoms with Crippen molar-refractivity contribution >= 4 is 27.8 Å². The van der Waals surface area contributed by atoms with Gasteiger partial charge < -0.3 is 15.1 Å². The molecule has 0 bridgehead atoms. The first-order chi connectivity index (χ1) is 22.3. The fourth-order valence-corrected chi connectivity index (χ4v) is 6.40. The molecule has 0 fully saturated rings. The van der Waals surface area contributed by atoms with Crippen molar-refractivity contribution in [1.82, 2.24) is 0 Å². The second-order valence-electron chi connectivity index (χ2n) is 11.9. The summed E-state index contributed by atoms with van der Waals surface area (Å²) in [5.41, 5.74) is 6.94. The van der Waals surface area contributed by atoms with E-state index in [1.54, 1.807) is 4.90 Å². The van der Waals surface area contributed by atoms with E-state index in [0.29, 0.717) is 5.69 Å². The van der Waals surface area contributed by atoms with Crippen molar-refractivity contribution in [2.24, 2.45) is 0 Å². The molecule has 0 radical (unpaired) electrons. The number of hydrogen-bond acceptors (Lipinski definition) is 3. The van der Waals surface area contributed by atoms with Gasteiger partial charge in [-0.15, -0.1) is 0 Å². The summed E-state index contributed by atoms with van der Waals surface area (Å²) < 4.78 is 77.8. The monoisotopic (exact) mass is 657 g/mol. The number of anilines is 3. The molecule has 0 aliphatic carbocycles. The second kappa shape index (κ2) is 15.8. The van der Waals surface area contributed by atoms with Gasteiger partial charge >= 0.3 is 12.4 Å². The van der Waals surface area contributed by atoms with Gasteiger partial charge in [-0.1, -0.05) is 48.5 Å². The van der Waals surface area contributed by atoms with Crippen LogP contribution >= 0.6 is 0 Å². The Kier molecular flexibility index (Phi) is 12.1. The van der Waals surface area contributed by atoms with E-state index in [1.807, 2.05) is 37.3 Å². The summed E-state index contributed by atoms with van der Waals surface area (Å²) in [5, 5.41) is 5.67. The molecule has 4 aromatic rings. The molecule has 0 saturated carbocycles. The van der Waals surface area contributed by atoms with E-state index in [1.165, 1.54) is 0 Å². The zero-order valence-electron chi connectivity index (χ0n) is 27.6. The van der Waals surface area contributed by atoms with E-state index in [-0.39, 0.29) is 31.8 Å². The third-order valence-electron chi connectivity index (χ3n) is 8.70. The van der Waals surface area contributed by atoms with Crippen LogP contribution in [0.3, 0.4) is 0 Å². The highest BCUT2D eigenvalue weighted by molar-refractivity contribution is 5.97. The quantitative estimate of drug-likeness (QED) is 0.101. The van der Waals surface area contributed by atoms with Crippen molar-refractivity contribution < 1.29 is 26.3 Å². The van der Waals surface area contributed by atoms with E-state index < -0.39 is 25.2 Å². The molecule has 1 unspecified atom stereocenters. The van der Waals surface area contributed by atoms with Crippen molar-refractivity contribution in [3.05, 3.63) is 101 Å². The minimum atomic E-state index is -4.32. The molecular formula is C38H45F6N3. The van der Waals surface area contributed by atoms with Crippen LogP contribution in [0.2, 0.25) is 0 Å². The zero-order valence-corrected chi connectivity index (χ0v) is 27.6. The number of benzene rings is 4. The molecule has 3 nitrogen and oxygen atoms in total. The van der Waals surface area contributed by atoms with E-state index in [0.717, 1.165) is 64.0 Å². The summed E-state index contributed by atoms with van der Waals surface area (Å²) in [5.74, 6) is -0.167. The summed E-state index contributed by atoms with van der Waals surface area (Å²) in [7, 11) is 0. The normalized spacial score (nSPS) is 12.7. The molecule has 0 aliphatic heterocycles. The molecule has 0 heterocycles. The Balaban J connectivity index is 1.79. The summed E-state index contributed by atoms with van der Waals surface area (Å²) in [4.78, 5) is 3.94. The van der Waals surface area contributed by atoms with E-state index in [2.05, 4.69) is 79.5 Å². The minimum absolute atomic E-state index is 0.0168. The Bertz CT molecular complexity index is 1560.